The number of rotatable bonds is 8. The van der Waals surface area contributed by atoms with Gasteiger partial charge in [0.2, 0.25) is 0 Å². The van der Waals surface area contributed by atoms with Gasteiger partial charge in [-0.1, -0.05) is 6.92 Å². The zero-order valence-corrected chi connectivity index (χ0v) is 11.2. The number of hydrogen-bond acceptors (Lipinski definition) is 5. The molecular formula is C10H18N2O5S. The van der Waals surface area contributed by atoms with Gasteiger partial charge in [-0.3, -0.25) is 10.1 Å². The maximum absolute atomic E-state index is 11.2. The Morgan fingerprint density at radius 3 is 2.56 bits per heavy atom. The second-order valence-electron chi connectivity index (χ2n) is 3.53. The number of carbonyl (C=O) groups is 3. The Bertz CT molecular complexity index is 298. The molecule has 0 aliphatic heterocycles. The van der Waals surface area contributed by atoms with Crippen molar-refractivity contribution in [3.63, 3.8) is 0 Å². The summed E-state index contributed by atoms with van der Waals surface area (Å²) in [6.45, 7) is 1.48. The lowest BCUT2D eigenvalue weighted by Crippen LogP contribution is -2.42. The first kappa shape index (κ1) is 16.7. The molecule has 0 aliphatic rings. The number of nitrogens with one attached hydrogen (secondary N) is 2. The van der Waals surface area contributed by atoms with Crippen molar-refractivity contribution in [2.24, 2.45) is 0 Å². The summed E-state index contributed by atoms with van der Waals surface area (Å²) in [6.07, 6.45) is 2.78. The predicted molar refractivity (Wildman–Crippen MR) is 67.6 cm³/mol. The summed E-state index contributed by atoms with van der Waals surface area (Å²) in [7, 11) is 0. The molecule has 3 amide bonds. The topological polar surface area (TPSA) is 105 Å². The molecule has 0 saturated heterocycles. The SMILES string of the molecule is CSC(C)CCNC(=O)NC(=O)COCC(=O)O. The zero-order chi connectivity index (χ0) is 14.0. The minimum Gasteiger partial charge on any atom is -0.480 e. The Hall–Kier alpha value is -1.28. The minimum absolute atomic E-state index is 0.430. The van der Waals surface area contributed by atoms with E-state index in [0.717, 1.165) is 6.42 Å². The molecule has 3 N–H and O–H groups in total. The van der Waals surface area contributed by atoms with E-state index in [9.17, 15) is 14.4 Å². The van der Waals surface area contributed by atoms with Crippen LogP contribution >= 0.6 is 11.8 Å². The van der Waals surface area contributed by atoms with E-state index in [-0.39, 0.29) is 0 Å². The van der Waals surface area contributed by atoms with E-state index < -0.39 is 31.1 Å². The number of carbonyl (C=O) groups excluding carboxylic acids is 2. The van der Waals surface area contributed by atoms with Gasteiger partial charge < -0.3 is 15.2 Å². The lowest BCUT2D eigenvalue weighted by atomic mass is 10.3. The van der Waals surface area contributed by atoms with Crippen molar-refractivity contribution >= 4 is 29.7 Å². The number of hydrogen-bond donors (Lipinski definition) is 3. The van der Waals surface area contributed by atoms with Crippen LogP contribution in [0.2, 0.25) is 0 Å². The molecule has 1 atom stereocenters. The second kappa shape index (κ2) is 9.72. The van der Waals surface area contributed by atoms with Crippen molar-refractivity contribution in [3.8, 4) is 0 Å². The molecule has 0 radical (unpaired) electrons. The van der Waals surface area contributed by atoms with Crippen molar-refractivity contribution in [2.45, 2.75) is 18.6 Å². The summed E-state index contributed by atoms with van der Waals surface area (Å²) >= 11 is 1.69. The van der Waals surface area contributed by atoms with Crippen molar-refractivity contribution < 1.29 is 24.2 Å². The number of amides is 3. The lowest BCUT2D eigenvalue weighted by Gasteiger charge is -2.09. The third-order valence-electron chi connectivity index (χ3n) is 1.95. The van der Waals surface area contributed by atoms with Crippen LogP contribution in [0.5, 0.6) is 0 Å². The average molecular weight is 278 g/mol. The van der Waals surface area contributed by atoms with E-state index in [4.69, 9.17) is 5.11 Å². The van der Waals surface area contributed by atoms with Gasteiger partial charge >= 0.3 is 12.0 Å². The molecule has 0 aliphatic carbocycles. The zero-order valence-electron chi connectivity index (χ0n) is 10.4. The second-order valence-corrected chi connectivity index (χ2v) is 4.80. The Morgan fingerprint density at radius 2 is 2.00 bits per heavy atom. The normalized spacial score (nSPS) is 11.7. The molecule has 0 aromatic rings. The van der Waals surface area contributed by atoms with Gasteiger partial charge in [0.15, 0.2) is 0 Å². The molecule has 0 bridgehead atoms. The first-order chi connectivity index (χ1) is 8.45. The van der Waals surface area contributed by atoms with Crippen LogP contribution in [0.15, 0.2) is 0 Å². The van der Waals surface area contributed by atoms with E-state index in [1.807, 2.05) is 18.5 Å². The van der Waals surface area contributed by atoms with Gasteiger partial charge in [0.05, 0.1) is 0 Å². The van der Waals surface area contributed by atoms with Crippen LogP contribution in [0.25, 0.3) is 0 Å². The summed E-state index contributed by atoms with van der Waals surface area (Å²) in [5, 5.41) is 13.2. The van der Waals surface area contributed by atoms with Crippen molar-refractivity contribution in [3.05, 3.63) is 0 Å². The van der Waals surface area contributed by atoms with Crippen molar-refractivity contribution in [2.75, 3.05) is 26.0 Å². The molecule has 7 nitrogen and oxygen atoms in total. The summed E-state index contributed by atoms with van der Waals surface area (Å²) in [6, 6.07) is -0.604. The van der Waals surface area contributed by atoms with Crippen LogP contribution < -0.4 is 10.6 Å². The van der Waals surface area contributed by atoms with E-state index >= 15 is 0 Å². The Balaban J connectivity index is 3.61. The quantitative estimate of drug-likeness (QED) is 0.579. The highest BCUT2D eigenvalue weighted by atomic mass is 32.2. The number of thioether (sulfide) groups is 1. The van der Waals surface area contributed by atoms with E-state index in [1.54, 1.807) is 11.8 Å². The maximum Gasteiger partial charge on any atom is 0.329 e. The Kier molecular flexibility index (Phi) is 9.03. The van der Waals surface area contributed by atoms with E-state index in [0.29, 0.717) is 11.8 Å². The van der Waals surface area contributed by atoms with Crippen LogP contribution in [-0.4, -0.2) is 54.3 Å². The van der Waals surface area contributed by atoms with Crippen LogP contribution in [-0.2, 0) is 14.3 Å². The van der Waals surface area contributed by atoms with Gasteiger partial charge in [-0.25, -0.2) is 9.59 Å². The third kappa shape index (κ3) is 9.91. The van der Waals surface area contributed by atoms with Crippen LogP contribution in [0.1, 0.15) is 13.3 Å². The van der Waals surface area contributed by atoms with Gasteiger partial charge in [-0.2, -0.15) is 11.8 Å². The van der Waals surface area contributed by atoms with Gasteiger partial charge in [-0.15, -0.1) is 0 Å². The fourth-order valence-corrected chi connectivity index (χ4v) is 1.30. The third-order valence-corrected chi connectivity index (χ3v) is 2.99. The van der Waals surface area contributed by atoms with Crippen molar-refractivity contribution in [1.82, 2.24) is 10.6 Å². The van der Waals surface area contributed by atoms with Gasteiger partial charge in [0.25, 0.3) is 5.91 Å². The first-order valence-corrected chi connectivity index (χ1v) is 6.64. The number of carboxylic acids is 1. The molecule has 0 aromatic heterocycles. The Labute approximate surface area is 110 Å². The van der Waals surface area contributed by atoms with E-state index in [2.05, 4.69) is 10.1 Å². The van der Waals surface area contributed by atoms with Crippen molar-refractivity contribution in [1.29, 1.82) is 0 Å². The smallest absolute Gasteiger partial charge is 0.329 e. The summed E-state index contributed by atoms with van der Waals surface area (Å²) < 4.78 is 4.52. The fraction of sp³-hybridized carbons (Fsp3) is 0.700. The highest BCUT2D eigenvalue weighted by molar-refractivity contribution is 7.99. The number of aliphatic carboxylic acids is 1. The minimum atomic E-state index is -1.17. The molecule has 0 aromatic carbocycles. The molecule has 0 rings (SSSR count). The number of imide groups is 1. The predicted octanol–water partition coefficient (Wildman–Crippen LogP) is 0.0550. The van der Waals surface area contributed by atoms with Crippen LogP contribution in [0, 0.1) is 0 Å². The summed E-state index contributed by atoms with van der Waals surface area (Å²) in [5.41, 5.74) is 0. The molecule has 8 heteroatoms. The summed E-state index contributed by atoms with van der Waals surface area (Å²) in [4.78, 5) is 32.4. The standard InChI is InChI=1S/C10H18N2O5S/c1-7(18-2)3-4-11-10(16)12-8(13)5-17-6-9(14)15/h7H,3-6H2,1-2H3,(H,14,15)(H2,11,12,13,16). The molecule has 0 saturated carbocycles. The highest BCUT2D eigenvalue weighted by Gasteiger charge is 2.08. The Morgan fingerprint density at radius 1 is 1.33 bits per heavy atom. The molecule has 18 heavy (non-hydrogen) atoms. The van der Waals surface area contributed by atoms with Gasteiger partial charge in [0, 0.05) is 11.8 Å². The average Bonchev–Trinajstić information content (AvgIpc) is 2.28. The van der Waals surface area contributed by atoms with E-state index in [1.165, 1.54) is 0 Å². The molecular weight excluding hydrogens is 260 g/mol. The molecule has 1 unspecified atom stereocenters. The van der Waals surface area contributed by atoms with Gasteiger partial charge in [0.1, 0.15) is 13.2 Å². The largest absolute Gasteiger partial charge is 0.480 e. The molecule has 0 heterocycles. The fourth-order valence-electron chi connectivity index (χ4n) is 0.945. The lowest BCUT2D eigenvalue weighted by molar-refractivity contribution is -0.143. The molecule has 104 valence electrons. The number of ether oxygens (including phenoxy) is 1. The van der Waals surface area contributed by atoms with Gasteiger partial charge in [-0.05, 0) is 12.7 Å². The van der Waals surface area contributed by atoms with Crippen LogP contribution in [0.4, 0.5) is 4.79 Å². The first-order valence-electron chi connectivity index (χ1n) is 5.35. The molecule has 0 fully saturated rings. The monoisotopic (exact) mass is 278 g/mol. The molecule has 0 spiro atoms. The summed E-state index contributed by atoms with van der Waals surface area (Å²) in [5.74, 6) is -1.84. The van der Waals surface area contributed by atoms with Crippen LogP contribution in [0.3, 0.4) is 0 Å². The number of carboxylic acid groups (broad SMARTS) is 1. The maximum atomic E-state index is 11.2. The number of urea groups is 1. The highest BCUT2D eigenvalue weighted by Crippen LogP contribution is 2.07.